The molecule has 0 radical (unpaired) electrons. The molecular weight excluding hydrogens is 246 g/mol. The monoisotopic (exact) mass is 263 g/mol. The van der Waals surface area contributed by atoms with Crippen molar-refractivity contribution < 1.29 is 4.79 Å². The minimum Gasteiger partial charge on any atom is -0.343 e. The predicted octanol–water partition coefficient (Wildman–Crippen LogP) is 4.12. The van der Waals surface area contributed by atoms with Gasteiger partial charge in [-0.05, 0) is 42.7 Å². The highest BCUT2D eigenvalue weighted by Gasteiger charge is 2.08. The third kappa shape index (κ3) is 2.03. The van der Waals surface area contributed by atoms with Crippen LogP contribution in [0.3, 0.4) is 0 Å². The number of aromatic nitrogens is 1. The van der Waals surface area contributed by atoms with Crippen molar-refractivity contribution in [1.82, 2.24) is 4.57 Å². The van der Waals surface area contributed by atoms with E-state index in [0.29, 0.717) is 0 Å². The maximum absolute atomic E-state index is 11.1. The average Bonchev–Trinajstić information content (AvgIpc) is 2.86. The van der Waals surface area contributed by atoms with Crippen molar-refractivity contribution in [3.63, 3.8) is 0 Å². The van der Waals surface area contributed by atoms with Gasteiger partial charge >= 0.3 is 0 Å². The summed E-state index contributed by atoms with van der Waals surface area (Å²) in [5.74, 6) is 0. The molecular formula is C18H17NO. The molecule has 0 atom stereocenters. The topological polar surface area (TPSA) is 22.0 Å². The molecule has 20 heavy (non-hydrogen) atoms. The Labute approximate surface area is 118 Å². The lowest BCUT2D eigenvalue weighted by Gasteiger charge is -2.12. The second-order valence-corrected chi connectivity index (χ2v) is 5.21. The van der Waals surface area contributed by atoms with Crippen molar-refractivity contribution in [2.24, 2.45) is 0 Å². The molecule has 100 valence electrons. The van der Waals surface area contributed by atoms with Gasteiger partial charge in [-0.15, -0.1) is 0 Å². The Balaban J connectivity index is 2.10. The molecule has 0 amide bonds. The van der Waals surface area contributed by atoms with Crippen molar-refractivity contribution in [1.29, 1.82) is 0 Å². The van der Waals surface area contributed by atoms with Crippen LogP contribution >= 0.6 is 0 Å². The first-order valence-corrected chi connectivity index (χ1v) is 6.79. The summed E-state index contributed by atoms with van der Waals surface area (Å²) >= 11 is 0. The molecule has 3 rings (SSSR count). The van der Waals surface area contributed by atoms with Gasteiger partial charge in [0.1, 0.15) is 0 Å². The van der Waals surface area contributed by atoms with Gasteiger partial charge in [0, 0.05) is 29.2 Å². The minimum absolute atomic E-state index is 0.753. The van der Waals surface area contributed by atoms with E-state index in [1.54, 1.807) is 0 Å². The standard InChI is InChI=1S/C18H17NO/c1-13-5-3-6-14(2)17(13)11-19-10-9-16-15(12-20)7-4-8-18(16)19/h3-10,12H,11H2,1-2H3. The molecule has 2 aromatic carbocycles. The lowest BCUT2D eigenvalue weighted by molar-refractivity contribution is 0.112. The molecule has 0 saturated carbocycles. The second-order valence-electron chi connectivity index (χ2n) is 5.21. The van der Waals surface area contributed by atoms with Gasteiger partial charge in [0.15, 0.2) is 6.29 Å². The molecule has 0 spiro atoms. The van der Waals surface area contributed by atoms with Gasteiger partial charge in [-0.3, -0.25) is 4.79 Å². The maximum Gasteiger partial charge on any atom is 0.150 e. The Bertz CT molecular complexity index is 763. The van der Waals surface area contributed by atoms with Gasteiger partial charge in [-0.2, -0.15) is 0 Å². The summed E-state index contributed by atoms with van der Waals surface area (Å²) in [5.41, 5.74) is 5.82. The number of fused-ring (bicyclic) bond motifs is 1. The van der Waals surface area contributed by atoms with E-state index < -0.39 is 0 Å². The summed E-state index contributed by atoms with van der Waals surface area (Å²) in [5, 5.41) is 1.02. The van der Waals surface area contributed by atoms with E-state index in [9.17, 15) is 4.79 Å². The van der Waals surface area contributed by atoms with E-state index in [2.05, 4.69) is 48.9 Å². The Morgan fingerprint density at radius 1 is 1.00 bits per heavy atom. The molecule has 0 unspecified atom stereocenters. The van der Waals surface area contributed by atoms with Crippen LogP contribution in [0.15, 0.2) is 48.7 Å². The fraction of sp³-hybridized carbons (Fsp3) is 0.167. The largest absolute Gasteiger partial charge is 0.343 e. The molecule has 1 aromatic heterocycles. The van der Waals surface area contributed by atoms with E-state index in [1.165, 1.54) is 16.7 Å². The number of benzene rings is 2. The summed E-state index contributed by atoms with van der Waals surface area (Å²) in [6.45, 7) is 5.13. The lowest BCUT2D eigenvalue weighted by Crippen LogP contribution is -2.02. The third-order valence-corrected chi connectivity index (χ3v) is 3.95. The van der Waals surface area contributed by atoms with Crippen LogP contribution in [0.25, 0.3) is 10.9 Å². The van der Waals surface area contributed by atoms with Gasteiger partial charge in [0.2, 0.25) is 0 Å². The highest BCUT2D eigenvalue weighted by molar-refractivity contribution is 5.97. The summed E-state index contributed by atoms with van der Waals surface area (Å²) in [7, 11) is 0. The Morgan fingerprint density at radius 2 is 1.70 bits per heavy atom. The van der Waals surface area contributed by atoms with Gasteiger partial charge in [0.25, 0.3) is 0 Å². The molecule has 0 aliphatic rings. The zero-order valence-electron chi connectivity index (χ0n) is 11.8. The van der Waals surface area contributed by atoms with Crippen LogP contribution in [0.2, 0.25) is 0 Å². The average molecular weight is 263 g/mol. The predicted molar refractivity (Wildman–Crippen MR) is 82.3 cm³/mol. The summed E-state index contributed by atoms with van der Waals surface area (Å²) in [6.07, 6.45) is 2.98. The molecule has 0 aliphatic heterocycles. The zero-order valence-corrected chi connectivity index (χ0v) is 11.8. The molecule has 2 heteroatoms. The summed E-state index contributed by atoms with van der Waals surface area (Å²) in [6, 6.07) is 14.3. The molecule has 0 bridgehead atoms. The summed E-state index contributed by atoms with van der Waals surface area (Å²) < 4.78 is 2.21. The van der Waals surface area contributed by atoms with E-state index >= 15 is 0 Å². The van der Waals surface area contributed by atoms with Crippen LogP contribution in [0.1, 0.15) is 27.0 Å². The van der Waals surface area contributed by atoms with Crippen LogP contribution in [0, 0.1) is 13.8 Å². The van der Waals surface area contributed by atoms with E-state index in [1.807, 2.05) is 18.2 Å². The molecule has 0 saturated heterocycles. The van der Waals surface area contributed by atoms with E-state index in [-0.39, 0.29) is 0 Å². The fourth-order valence-electron chi connectivity index (χ4n) is 2.76. The van der Waals surface area contributed by atoms with Gasteiger partial charge < -0.3 is 4.57 Å². The maximum atomic E-state index is 11.1. The van der Waals surface area contributed by atoms with E-state index in [0.717, 1.165) is 29.3 Å². The normalized spacial score (nSPS) is 10.9. The van der Waals surface area contributed by atoms with Crippen molar-refractivity contribution in [2.45, 2.75) is 20.4 Å². The van der Waals surface area contributed by atoms with Crippen LogP contribution in [0.4, 0.5) is 0 Å². The summed E-state index contributed by atoms with van der Waals surface area (Å²) in [4.78, 5) is 11.1. The van der Waals surface area contributed by atoms with Gasteiger partial charge in [-0.25, -0.2) is 0 Å². The highest BCUT2D eigenvalue weighted by Crippen LogP contribution is 2.22. The first-order valence-electron chi connectivity index (χ1n) is 6.79. The molecule has 3 aromatic rings. The zero-order chi connectivity index (χ0) is 14.1. The van der Waals surface area contributed by atoms with Crippen molar-refractivity contribution in [2.75, 3.05) is 0 Å². The van der Waals surface area contributed by atoms with Crippen LogP contribution < -0.4 is 0 Å². The van der Waals surface area contributed by atoms with Crippen molar-refractivity contribution in [3.05, 3.63) is 70.9 Å². The number of aldehydes is 1. The molecule has 0 aliphatic carbocycles. The number of aryl methyl sites for hydroxylation is 2. The third-order valence-electron chi connectivity index (χ3n) is 3.95. The second kappa shape index (κ2) is 4.97. The molecule has 1 heterocycles. The van der Waals surface area contributed by atoms with Crippen molar-refractivity contribution in [3.8, 4) is 0 Å². The van der Waals surface area contributed by atoms with Gasteiger partial charge in [0.05, 0.1) is 0 Å². The minimum atomic E-state index is 0.753. The lowest BCUT2D eigenvalue weighted by atomic mass is 10.0. The molecule has 0 fully saturated rings. The smallest absolute Gasteiger partial charge is 0.150 e. The molecule has 0 N–H and O–H groups in total. The van der Waals surface area contributed by atoms with Crippen LogP contribution in [0.5, 0.6) is 0 Å². The SMILES string of the molecule is Cc1cccc(C)c1Cn1ccc2c(C=O)cccc21. The number of carbonyl (C=O) groups is 1. The quantitative estimate of drug-likeness (QED) is 0.651. The number of carbonyl (C=O) groups excluding carboxylic acids is 1. The number of rotatable bonds is 3. The highest BCUT2D eigenvalue weighted by atomic mass is 16.1. The first-order chi connectivity index (χ1) is 9.70. The fourth-order valence-corrected chi connectivity index (χ4v) is 2.76. The van der Waals surface area contributed by atoms with Crippen LogP contribution in [-0.4, -0.2) is 10.9 Å². The number of hydrogen-bond acceptors (Lipinski definition) is 1. The first kappa shape index (κ1) is 12.7. The number of hydrogen-bond donors (Lipinski definition) is 0. The van der Waals surface area contributed by atoms with E-state index in [4.69, 9.17) is 0 Å². The number of nitrogens with zero attached hydrogens (tertiary/aromatic N) is 1. The van der Waals surface area contributed by atoms with Gasteiger partial charge in [-0.1, -0.05) is 30.3 Å². The van der Waals surface area contributed by atoms with Crippen LogP contribution in [-0.2, 0) is 6.54 Å². The Hall–Kier alpha value is -2.35. The molecule has 2 nitrogen and oxygen atoms in total. The Kier molecular flexibility index (Phi) is 3.15. The Morgan fingerprint density at radius 3 is 2.40 bits per heavy atom. The van der Waals surface area contributed by atoms with Crippen molar-refractivity contribution >= 4 is 17.2 Å².